The summed E-state index contributed by atoms with van der Waals surface area (Å²) in [5, 5.41) is 0. The predicted octanol–water partition coefficient (Wildman–Crippen LogP) is 3.55. The van der Waals surface area contributed by atoms with E-state index in [9.17, 15) is 0 Å². The molecule has 0 aromatic rings. The van der Waals surface area contributed by atoms with Gasteiger partial charge in [0.1, 0.15) is 0 Å². The summed E-state index contributed by atoms with van der Waals surface area (Å²) in [4.78, 5) is 0. The van der Waals surface area contributed by atoms with E-state index in [2.05, 4.69) is 20.1 Å². The van der Waals surface area contributed by atoms with Gasteiger partial charge in [-0.1, -0.05) is 51.0 Å². The third-order valence-corrected chi connectivity index (χ3v) is 2.81. The highest BCUT2D eigenvalue weighted by Crippen LogP contribution is 2.33. The normalized spacial score (nSPS) is 20.5. The smallest absolute Gasteiger partial charge is 0.0194 e. The molecule has 11 heavy (non-hydrogen) atoms. The highest BCUT2D eigenvalue weighted by Gasteiger charge is 2.20. The Kier molecular flexibility index (Phi) is 2.92. The van der Waals surface area contributed by atoms with Crippen molar-refractivity contribution >= 4 is 0 Å². The molecule has 1 atom stereocenters. The summed E-state index contributed by atoms with van der Waals surface area (Å²) in [5.41, 5.74) is 1.21. The lowest BCUT2D eigenvalue weighted by Gasteiger charge is -2.28. The Morgan fingerprint density at radius 2 is 2.27 bits per heavy atom. The Morgan fingerprint density at radius 1 is 1.64 bits per heavy atom. The molecule has 1 rings (SSSR count). The van der Waals surface area contributed by atoms with Gasteiger partial charge in [0.2, 0.25) is 0 Å². The number of hydrogen-bond acceptors (Lipinski definition) is 0. The molecular formula is C11H18. The highest BCUT2D eigenvalue weighted by atomic mass is 14.3. The van der Waals surface area contributed by atoms with Crippen molar-refractivity contribution < 1.29 is 0 Å². The Labute approximate surface area is 70.0 Å². The molecule has 1 saturated carbocycles. The van der Waals surface area contributed by atoms with Gasteiger partial charge in [-0.05, 0) is 18.3 Å². The van der Waals surface area contributed by atoms with Crippen LogP contribution in [0.15, 0.2) is 24.8 Å². The van der Waals surface area contributed by atoms with Crippen molar-refractivity contribution in [2.75, 3.05) is 0 Å². The number of allylic oxidation sites excluding steroid dienone is 2. The summed E-state index contributed by atoms with van der Waals surface area (Å²) in [6, 6.07) is 0. The van der Waals surface area contributed by atoms with E-state index in [1.165, 1.54) is 31.3 Å². The Bertz CT molecular complexity index is 151. The second-order valence-corrected chi connectivity index (χ2v) is 3.71. The largest absolute Gasteiger partial charge is 0.0988 e. The summed E-state index contributed by atoms with van der Waals surface area (Å²) in [7, 11) is 0. The van der Waals surface area contributed by atoms with Gasteiger partial charge in [0.15, 0.2) is 0 Å². The lowest BCUT2D eigenvalue weighted by molar-refractivity contribution is 0.271. The van der Waals surface area contributed by atoms with Crippen LogP contribution in [0.5, 0.6) is 0 Å². The minimum Gasteiger partial charge on any atom is -0.0988 e. The van der Waals surface area contributed by atoms with E-state index in [0.29, 0.717) is 5.92 Å². The molecule has 0 saturated heterocycles. The van der Waals surface area contributed by atoms with E-state index in [-0.39, 0.29) is 0 Å². The fraction of sp³-hybridized carbons (Fsp3) is 0.636. The van der Waals surface area contributed by atoms with Crippen LogP contribution in [0.1, 0.15) is 32.6 Å². The molecule has 0 aliphatic heterocycles. The molecule has 0 nitrogen and oxygen atoms in total. The molecule has 0 aromatic carbocycles. The summed E-state index contributed by atoms with van der Waals surface area (Å²) in [6.45, 7) is 9.95. The van der Waals surface area contributed by atoms with E-state index >= 15 is 0 Å². The molecule has 62 valence electrons. The first-order chi connectivity index (χ1) is 5.24. The summed E-state index contributed by atoms with van der Waals surface area (Å²) in [6.07, 6.45) is 7.54. The lowest BCUT2D eigenvalue weighted by atomic mass is 9.78. The zero-order valence-corrected chi connectivity index (χ0v) is 7.47. The Morgan fingerprint density at radius 3 is 2.64 bits per heavy atom. The van der Waals surface area contributed by atoms with Gasteiger partial charge in [0.05, 0.1) is 0 Å². The van der Waals surface area contributed by atoms with Gasteiger partial charge in [-0.15, -0.1) is 0 Å². The van der Waals surface area contributed by atoms with E-state index < -0.39 is 0 Å². The second kappa shape index (κ2) is 3.75. The average Bonchev–Trinajstić information content (AvgIpc) is 1.94. The Balaban J connectivity index is 2.23. The highest BCUT2D eigenvalue weighted by molar-refractivity contribution is 5.14. The molecule has 0 N–H and O–H groups in total. The SMILES string of the molecule is C=CC(=C)C(C)CC1CCC1. The van der Waals surface area contributed by atoms with Crippen LogP contribution in [0.4, 0.5) is 0 Å². The molecule has 1 unspecified atom stereocenters. The average molecular weight is 150 g/mol. The summed E-state index contributed by atoms with van der Waals surface area (Å²) < 4.78 is 0. The van der Waals surface area contributed by atoms with E-state index in [1.54, 1.807) is 0 Å². The zero-order chi connectivity index (χ0) is 8.27. The molecule has 1 aliphatic rings. The zero-order valence-electron chi connectivity index (χ0n) is 7.47. The van der Waals surface area contributed by atoms with Crippen LogP contribution in [-0.4, -0.2) is 0 Å². The van der Waals surface area contributed by atoms with Crippen LogP contribution >= 0.6 is 0 Å². The van der Waals surface area contributed by atoms with Crippen molar-refractivity contribution in [1.82, 2.24) is 0 Å². The first-order valence-electron chi connectivity index (χ1n) is 4.55. The maximum Gasteiger partial charge on any atom is -0.0194 e. The van der Waals surface area contributed by atoms with Crippen molar-refractivity contribution in [2.45, 2.75) is 32.6 Å². The van der Waals surface area contributed by atoms with Crippen molar-refractivity contribution in [2.24, 2.45) is 11.8 Å². The molecule has 0 heteroatoms. The number of hydrogen-bond donors (Lipinski definition) is 0. The first-order valence-corrected chi connectivity index (χ1v) is 4.55. The maximum atomic E-state index is 3.97. The van der Waals surface area contributed by atoms with Gasteiger partial charge in [-0.3, -0.25) is 0 Å². The predicted molar refractivity (Wildman–Crippen MR) is 50.5 cm³/mol. The van der Waals surface area contributed by atoms with Gasteiger partial charge in [0.25, 0.3) is 0 Å². The van der Waals surface area contributed by atoms with Gasteiger partial charge in [0, 0.05) is 0 Å². The molecular weight excluding hydrogens is 132 g/mol. The third kappa shape index (κ3) is 2.21. The Hall–Kier alpha value is -0.520. The molecule has 0 amide bonds. The van der Waals surface area contributed by atoms with Crippen molar-refractivity contribution in [3.63, 3.8) is 0 Å². The summed E-state index contributed by atoms with van der Waals surface area (Å²) >= 11 is 0. The fourth-order valence-electron chi connectivity index (χ4n) is 1.58. The van der Waals surface area contributed by atoms with Crippen molar-refractivity contribution in [1.29, 1.82) is 0 Å². The van der Waals surface area contributed by atoms with Crippen LogP contribution in [0.3, 0.4) is 0 Å². The maximum absolute atomic E-state index is 3.97. The van der Waals surface area contributed by atoms with Crippen LogP contribution in [0, 0.1) is 11.8 Å². The van der Waals surface area contributed by atoms with Gasteiger partial charge in [-0.25, -0.2) is 0 Å². The second-order valence-electron chi connectivity index (χ2n) is 3.71. The molecule has 0 spiro atoms. The van der Waals surface area contributed by atoms with E-state index in [4.69, 9.17) is 0 Å². The first kappa shape index (κ1) is 8.58. The van der Waals surface area contributed by atoms with E-state index in [1.807, 2.05) is 6.08 Å². The van der Waals surface area contributed by atoms with Crippen molar-refractivity contribution in [3.05, 3.63) is 24.8 Å². The van der Waals surface area contributed by atoms with E-state index in [0.717, 1.165) is 5.92 Å². The van der Waals surface area contributed by atoms with Crippen LogP contribution < -0.4 is 0 Å². The third-order valence-electron chi connectivity index (χ3n) is 2.81. The van der Waals surface area contributed by atoms with Gasteiger partial charge in [-0.2, -0.15) is 0 Å². The molecule has 0 aromatic heterocycles. The van der Waals surface area contributed by atoms with Crippen LogP contribution in [-0.2, 0) is 0 Å². The van der Waals surface area contributed by atoms with Crippen molar-refractivity contribution in [3.8, 4) is 0 Å². The minimum atomic E-state index is 0.651. The molecule has 0 radical (unpaired) electrons. The quantitative estimate of drug-likeness (QED) is 0.537. The molecule has 0 heterocycles. The van der Waals surface area contributed by atoms with Gasteiger partial charge < -0.3 is 0 Å². The molecule has 0 bridgehead atoms. The van der Waals surface area contributed by atoms with Crippen LogP contribution in [0.2, 0.25) is 0 Å². The summed E-state index contributed by atoms with van der Waals surface area (Å²) in [5.74, 6) is 1.64. The van der Waals surface area contributed by atoms with Gasteiger partial charge >= 0.3 is 0 Å². The lowest BCUT2D eigenvalue weighted by Crippen LogP contribution is -2.14. The monoisotopic (exact) mass is 150 g/mol. The molecule has 1 aliphatic carbocycles. The minimum absolute atomic E-state index is 0.651. The topological polar surface area (TPSA) is 0 Å². The molecule has 1 fully saturated rings. The fourth-order valence-corrected chi connectivity index (χ4v) is 1.58. The number of rotatable bonds is 4. The standard InChI is InChI=1S/C11H18/c1-4-9(2)10(3)8-11-6-5-7-11/h4,10-11H,1-2,5-8H2,3H3. The van der Waals surface area contributed by atoms with Crippen LogP contribution in [0.25, 0.3) is 0 Å².